The molecule has 3 heterocycles. The molecule has 1 aliphatic heterocycles. The Morgan fingerprint density at radius 3 is 3.00 bits per heavy atom. The molecule has 0 bridgehead atoms. The van der Waals surface area contributed by atoms with Crippen LogP contribution in [0.3, 0.4) is 0 Å². The predicted octanol–water partition coefficient (Wildman–Crippen LogP) is 2.57. The van der Waals surface area contributed by atoms with Crippen molar-refractivity contribution in [1.29, 1.82) is 0 Å². The minimum atomic E-state index is 0.735. The zero-order chi connectivity index (χ0) is 12.8. The van der Waals surface area contributed by atoms with E-state index in [1.807, 2.05) is 30.3 Å². The number of pyridine rings is 1. The average Bonchev–Trinajstić information content (AvgIpc) is 3.06. The Morgan fingerprint density at radius 1 is 1.21 bits per heavy atom. The lowest BCUT2D eigenvalue weighted by Crippen LogP contribution is -1.87. The Kier molecular flexibility index (Phi) is 2.12. The summed E-state index contributed by atoms with van der Waals surface area (Å²) in [7, 11) is 1.93. The number of rotatable bonds is 1. The molecule has 0 aliphatic carbocycles. The van der Waals surface area contributed by atoms with Crippen molar-refractivity contribution in [2.24, 2.45) is 7.05 Å². The number of fused-ring (bicyclic) bond motifs is 3. The van der Waals surface area contributed by atoms with Gasteiger partial charge in [0.2, 0.25) is 5.88 Å². The van der Waals surface area contributed by atoms with Gasteiger partial charge in [-0.25, -0.2) is 4.98 Å². The molecule has 19 heavy (non-hydrogen) atoms. The third-order valence-corrected chi connectivity index (χ3v) is 3.59. The van der Waals surface area contributed by atoms with Gasteiger partial charge in [-0.1, -0.05) is 12.1 Å². The van der Waals surface area contributed by atoms with Crippen molar-refractivity contribution in [2.75, 3.05) is 6.61 Å². The van der Waals surface area contributed by atoms with Gasteiger partial charge >= 0.3 is 0 Å². The van der Waals surface area contributed by atoms with E-state index in [2.05, 4.69) is 28.3 Å². The van der Waals surface area contributed by atoms with E-state index in [4.69, 9.17) is 4.74 Å². The van der Waals surface area contributed by atoms with Gasteiger partial charge in [0.05, 0.1) is 12.8 Å². The first-order valence-electron chi connectivity index (χ1n) is 6.35. The largest absolute Gasteiger partial charge is 0.477 e. The van der Waals surface area contributed by atoms with E-state index >= 15 is 0 Å². The highest BCUT2D eigenvalue weighted by Crippen LogP contribution is 2.32. The van der Waals surface area contributed by atoms with Crippen molar-refractivity contribution in [2.45, 2.75) is 6.42 Å². The first-order valence-corrected chi connectivity index (χ1v) is 6.35. The third kappa shape index (κ3) is 1.60. The van der Waals surface area contributed by atoms with Crippen LogP contribution in [-0.2, 0) is 13.5 Å². The first kappa shape index (κ1) is 10.6. The Morgan fingerprint density at radius 2 is 2.16 bits per heavy atom. The van der Waals surface area contributed by atoms with E-state index in [1.165, 1.54) is 16.5 Å². The van der Waals surface area contributed by atoms with Crippen LogP contribution in [0.4, 0.5) is 0 Å². The van der Waals surface area contributed by atoms with E-state index in [0.717, 1.165) is 29.9 Å². The zero-order valence-electron chi connectivity index (χ0n) is 10.6. The Hall–Kier alpha value is -2.36. The summed E-state index contributed by atoms with van der Waals surface area (Å²) in [5.41, 5.74) is 3.54. The molecule has 0 amide bonds. The maximum atomic E-state index is 5.53. The Balaban J connectivity index is 1.95. The van der Waals surface area contributed by atoms with E-state index in [1.54, 1.807) is 0 Å². The summed E-state index contributed by atoms with van der Waals surface area (Å²) in [4.78, 5) is 4.36. The van der Waals surface area contributed by atoms with Gasteiger partial charge in [-0.15, -0.1) is 0 Å². The molecule has 1 aliphatic rings. The molecule has 0 unspecified atom stereocenters. The Bertz CT molecular complexity index is 776. The quantitative estimate of drug-likeness (QED) is 0.667. The summed E-state index contributed by atoms with van der Waals surface area (Å²) < 4.78 is 7.35. The molecule has 0 N–H and O–H groups in total. The van der Waals surface area contributed by atoms with Crippen LogP contribution >= 0.6 is 0 Å². The summed E-state index contributed by atoms with van der Waals surface area (Å²) >= 11 is 0. The molecule has 4 rings (SSSR count). The molecule has 0 radical (unpaired) electrons. The van der Waals surface area contributed by atoms with Gasteiger partial charge in [-0.05, 0) is 17.0 Å². The van der Waals surface area contributed by atoms with Crippen LogP contribution in [0.1, 0.15) is 5.56 Å². The highest BCUT2D eigenvalue weighted by Gasteiger charge is 2.17. The Labute approximate surface area is 110 Å². The maximum Gasteiger partial charge on any atom is 0.217 e. The highest BCUT2D eigenvalue weighted by molar-refractivity contribution is 5.90. The highest BCUT2D eigenvalue weighted by atomic mass is 16.5. The SMILES string of the molecule is Cn1cc(-c2ccc3cnc4c(c3c2)CCO4)cn1. The molecule has 4 nitrogen and oxygen atoms in total. The van der Waals surface area contributed by atoms with Gasteiger partial charge < -0.3 is 4.74 Å². The number of hydrogen-bond donors (Lipinski definition) is 0. The van der Waals surface area contributed by atoms with Gasteiger partial charge in [-0.3, -0.25) is 4.68 Å². The van der Waals surface area contributed by atoms with Crippen LogP contribution < -0.4 is 4.74 Å². The van der Waals surface area contributed by atoms with Crippen molar-refractivity contribution in [3.8, 4) is 17.0 Å². The van der Waals surface area contributed by atoms with Gasteiger partial charge in [-0.2, -0.15) is 5.10 Å². The number of ether oxygens (including phenoxy) is 1. The molecule has 1 aromatic carbocycles. The van der Waals surface area contributed by atoms with Crippen molar-refractivity contribution in [1.82, 2.24) is 14.8 Å². The molecule has 94 valence electrons. The van der Waals surface area contributed by atoms with Crippen molar-refractivity contribution >= 4 is 10.8 Å². The normalized spacial score (nSPS) is 13.5. The maximum absolute atomic E-state index is 5.53. The molecular weight excluding hydrogens is 238 g/mol. The van der Waals surface area contributed by atoms with Crippen LogP contribution in [0.15, 0.2) is 36.8 Å². The van der Waals surface area contributed by atoms with Gasteiger partial charge in [0.1, 0.15) is 0 Å². The standard InChI is InChI=1S/C15H13N3O/c1-18-9-12(8-17-18)10-2-3-11-7-16-15-13(4-5-19-15)14(11)6-10/h2-3,6-9H,4-5H2,1H3. The van der Waals surface area contributed by atoms with Crippen molar-refractivity contribution in [3.63, 3.8) is 0 Å². The molecule has 0 spiro atoms. The monoisotopic (exact) mass is 251 g/mol. The van der Waals surface area contributed by atoms with Gasteiger partial charge in [0, 0.05) is 42.4 Å². The first-order chi connectivity index (χ1) is 9.31. The topological polar surface area (TPSA) is 39.9 Å². The van der Waals surface area contributed by atoms with E-state index in [-0.39, 0.29) is 0 Å². The number of aromatic nitrogens is 3. The fourth-order valence-corrected chi connectivity index (χ4v) is 2.62. The lowest BCUT2D eigenvalue weighted by atomic mass is 10.0. The lowest BCUT2D eigenvalue weighted by Gasteiger charge is -2.05. The van der Waals surface area contributed by atoms with Crippen LogP contribution in [0.25, 0.3) is 21.9 Å². The summed E-state index contributed by atoms with van der Waals surface area (Å²) in [6, 6.07) is 6.44. The van der Waals surface area contributed by atoms with Gasteiger partial charge in [0.25, 0.3) is 0 Å². The van der Waals surface area contributed by atoms with E-state index < -0.39 is 0 Å². The van der Waals surface area contributed by atoms with E-state index in [9.17, 15) is 0 Å². The minimum Gasteiger partial charge on any atom is -0.477 e. The minimum absolute atomic E-state index is 0.735. The van der Waals surface area contributed by atoms with Crippen molar-refractivity contribution in [3.05, 3.63) is 42.4 Å². The molecule has 4 heteroatoms. The summed E-state index contributed by atoms with van der Waals surface area (Å²) in [5.74, 6) is 0.788. The van der Waals surface area contributed by atoms with Gasteiger partial charge in [0.15, 0.2) is 0 Å². The number of benzene rings is 1. The smallest absolute Gasteiger partial charge is 0.217 e. The zero-order valence-corrected chi connectivity index (χ0v) is 10.6. The summed E-state index contributed by atoms with van der Waals surface area (Å²) in [6.07, 6.45) is 6.74. The second kappa shape index (κ2) is 3.82. The van der Waals surface area contributed by atoms with Crippen LogP contribution in [0.2, 0.25) is 0 Å². The molecule has 0 saturated heterocycles. The predicted molar refractivity (Wildman–Crippen MR) is 73.1 cm³/mol. The lowest BCUT2D eigenvalue weighted by molar-refractivity contribution is 0.345. The third-order valence-electron chi connectivity index (χ3n) is 3.59. The molecule has 0 atom stereocenters. The molecule has 0 saturated carbocycles. The average molecular weight is 251 g/mol. The van der Waals surface area contributed by atoms with Crippen LogP contribution in [0.5, 0.6) is 5.88 Å². The second-order valence-electron chi connectivity index (χ2n) is 4.85. The number of aryl methyl sites for hydroxylation is 1. The summed E-state index contributed by atoms with van der Waals surface area (Å²) in [6.45, 7) is 0.735. The fourth-order valence-electron chi connectivity index (χ4n) is 2.62. The number of nitrogens with zero attached hydrogens (tertiary/aromatic N) is 3. The van der Waals surface area contributed by atoms with E-state index in [0.29, 0.717) is 0 Å². The van der Waals surface area contributed by atoms with Crippen LogP contribution in [-0.4, -0.2) is 21.4 Å². The fraction of sp³-hybridized carbons (Fsp3) is 0.200. The molecule has 2 aromatic heterocycles. The second-order valence-corrected chi connectivity index (χ2v) is 4.85. The van der Waals surface area contributed by atoms with Crippen LogP contribution in [0, 0.1) is 0 Å². The molecule has 3 aromatic rings. The summed E-state index contributed by atoms with van der Waals surface area (Å²) in [5, 5.41) is 6.63. The van der Waals surface area contributed by atoms with Crippen molar-refractivity contribution < 1.29 is 4.74 Å². The molecular formula is C15H13N3O. The molecule has 0 fully saturated rings. The number of hydrogen-bond acceptors (Lipinski definition) is 3.